The van der Waals surface area contributed by atoms with Gasteiger partial charge < -0.3 is 10.3 Å². The number of nitrogens with zero attached hydrogens (tertiary/aromatic N) is 2. The molecule has 0 aliphatic heterocycles. The zero-order valence-corrected chi connectivity index (χ0v) is 11.8. The van der Waals surface area contributed by atoms with Gasteiger partial charge in [0.25, 0.3) is 5.56 Å². The van der Waals surface area contributed by atoms with Crippen LogP contribution in [-0.2, 0) is 13.1 Å². The summed E-state index contributed by atoms with van der Waals surface area (Å²) >= 11 is 0. The first kappa shape index (κ1) is 14.1. The van der Waals surface area contributed by atoms with Crippen LogP contribution in [0.4, 0.5) is 5.69 Å². The molecule has 0 aliphatic carbocycles. The van der Waals surface area contributed by atoms with E-state index in [2.05, 4.69) is 0 Å². The Morgan fingerprint density at radius 1 is 1.20 bits per heavy atom. The summed E-state index contributed by atoms with van der Waals surface area (Å²) in [5.74, 6) is 0. The number of benzene rings is 1. The van der Waals surface area contributed by atoms with Crippen LogP contribution in [0.25, 0.3) is 0 Å². The topological polar surface area (TPSA) is 70.0 Å². The highest BCUT2D eigenvalue weighted by atomic mass is 16.2. The van der Waals surface area contributed by atoms with E-state index in [1.807, 2.05) is 32.0 Å². The summed E-state index contributed by atoms with van der Waals surface area (Å²) in [5, 5.41) is 0. The van der Waals surface area contributed by atoms with E-state index in [4.69, 9.17) is 5.73 Å². The van der Waals surface area contributed by atoms with Crippen molar-refractivity contribution in [3.8, 4) is 0 Å². The maximum atomic E-state index is 12.3. The lowest BCUT2D eigenvalue weighted by Crippen LogP contribution is -2.39. The summed E-state index contributed by atoms with van der Waals surface area (Å²) in [7, 11) is 0. The first-order valence-electron chi connectivity index (χ1n) is 6.69. The number of nitrogens with two attached hydrogens (primary N) is 1. The van der Waals surface area contributed by atoms with Gasteiger partial charge in [0.1, 0.15) is 0 Å². The van der Waals surface area contributed by atoms with Crippen LogP contribution in [0.5, 0.6) is 0 Å². The molecule has 106 valence electrons. The average Bonchev–Trinajstić information content (AvgIpc) is 2.42. The van der Waals surface area contributed by atoms with Crippen LogP contribution >= 0.6 is 0 Å². The number of aromatic nitrogens is 2. The Balaban J connectivity index is 2.48. The van der Waals surface area contributed by atoms with Gasteiger partial charge in [0, 0.05) is 24.5 Å². The molecule has 2 aromatic rings. The lowest BCUT2D eigenvalue weighted by Gasteiger charge is -2.11. The molecule has 0 radical (unpaired) electrons. The fraction of sp³-hybridized carbons (Fsp3) is 0.333. The number of hydrogen-bond donors (Lipinski definition) is 1. The second kappa shape index (κ2) is 5.77. The summed E-state index contributed by atoms with van der Waals surface area (Å²) < 4.78 is 2.81. The molecule has 2 rings (SSSR count). The molecule has 20 heavy (non-hydrogen) atoms. The van der Waals surface area contributed by atoms with Crippen molar-refractivity contribution < 1.29 is 0 Å². The highest BCUT2D eigenvalue weighted by molar-refractivity contribution is 5.49. The molecule has 0 aliphatic rings. The van der Waals surface area contributed by atoms with E-state index in [9.17, 15) is 9.59 Å². The van der Waals surface area contributed by atoms with Crippen molar-refractivity contribution in [2.75, 3.05) is 5.73 Å². The molecule has 1 aromatic heterocycles. The Hall–Kier alpha value is -2.30. The minimum Gasteiger partial charge on any atom is -0.399 e. The zero-order chi connectivity index (χ0) is 14.7. The highest BCUT2D eigenvalue weighted by Crippen LogP contribution is 2.15. The summed E-state index contributed by atoms with van der Waals surface area (Å²) in [5.41, 5.74) is 7.75. The Morgan fingerprint density at radius 3 is 2.65 bits per heavy atom. The lowest BCUT2D eigenvalue weighted by atomic mass is 10.1. The van der Waals surface area contributed by atoms with Gasteiger partial charge in [-0.15, -0.1) is 0 Å². The molecule has 0 fully saturated rings. The van der Waals surface area contributed by atoms with E-state index in [0.717, 1.165) is 17.5 Å². The van der Waals surface area contributed by atoms with Crippen molar-refractivity contribution >= 4 is 5.69 Å². The Bertz CT molecular complexity index is 729. The van der Waals surface area contributed by atoms with Crippen LogP contribution in [-0.4, -0.2) is 9.13 Å². The van der Waals surface area contributed by atoms with E-state index < -0.39 is 0 Å². The van der Waals surface area contributed by atoms with Gasteiger partial charge in [0.2, 0.25) is 0 Å². The fourth-order valence-electron chi connectivity index (χ4n) is 2.16. The fourth-order valence-corrected chi connectivity index (χ4v) is 2.16. The predicted octanol–water partition coefficient (Wildman–Crippen LogP) is 1.36. The number of rotatable bonds is 4. The predicted molar refractivity (Wildman–Crippen MR) is 79.9 cm³/mol. The van der Waals surface area contributed by atoms with Crippen molar-refractivity contribution in [1.82, 2.24) is 9.13 Å². The molecule has 5 nitrogen and oxygen atoms in total. The molecule has 0 atom stereocenters. The Kier molecular flexibility index (Phi) is 4.08. The second-order valence-corrected chi connectivity index (χ2v) is 4.85. The van der Waals surface area contributed by atoms with Gasteiger partial charge in [-0.3, -0.25) is 9.36 Å². The van der Waals surface area contributed by atoms with Crippen LogP contribution in [0.2, 0.25) is 0 Å². The van der Waals surface area contributed by atoms with E-state index in [-0.39, 0.29) is 17.8 Å². The summed E-state index contributed by atoms with van der Waals surface area (Å²) in [6.07, 6.45) is 2.40. The van der Waals surface area contributed by atoms with Gasteiger partial charge >= 0.3 is 5.69 Å². The van der Waals surface area contributed by atoms with Gasteiger partial charge in [0.05, 0.1) is 6.54 Å². The largest absolute Gasteiger partial charge is 0.399 e. The van der Waals surface area contributed by atoms with Crippen molar-refractivity contribution in [2.45, 2.75) is 33.4 Å². The lowest BCUT2D eigenvalue weighted by molar-refractivity contribution is 0.570. The number of aryl methyl sites for hydroxylation is 1. The zero-order valence-electron chi connectivity index (χ0n) is 11.8. The van der Waals surface area contributed by atoms with Crippen LogP contribution in [0, 0.1) is 6.92 Å². The van der Waals surface area contributed by atoms with Gasteiger partial charge in [-0.2, -0.15) is 0 Å². The SMILES string of the molecule is CCCn1ccc(=O)n(Cc2cccc(N)c2C)c1=O. The standard InChI is InChI=1S/C15H19N3O2/c1-3-8-17-9-7-14(19)18(15(17)20)10-12-5-4-6-13(16)11(12)2/h4-7,9H,3,8,10,16H2,1-2H3. The number of nitrogen functional groups attached to an aromatic ring is 1. The smallest absolute Gasteiger partial charge is 0.331 e. The molecule has 0 unspecified atom stereocenters. The van der Waals surface area contributed by atoms with Crippen LogP contribution < -0.4 is 17.0 Å². The third kappa shape index (κ3) is 2.66. The molecule has 0 spiro atoms. The van der Waals surface area contributed by atoms with Crippen molar-refractivity contribution in [3.63, 3.8) is 0 Å². The Labute approximate surface area is 117 Å². The molecule has 0 saturated carbocycles. The van der Waals surface area contributed by atoms with Gasteiger partial charge in [0.15, 0.2) is 0 Å². The van der Waals surface area contributed by atoms with E-state index in [1.165, 1.54) is 10.6 Å². The van der Waals surface area contributed by atoms with Crippen molar-refractivity contribution in [3.05, 3.63) is 62.4 Å². The quantitative estimate of drug-likeness (QED) is 0.855. The highest BCUT2D eigenvalue weighted by Gasteiger charge is 2.08. The molecule has 0 saturated heterocycles. The average molecular weight is 273 g/mol. The molecular weight excluding hydrogens is 254 g/mol. The molecule has 2 N–H and O–H groups in total. The van der Waals surface area contributed by atoms with E-state index in [0.29, 0.717) is 12.2 Å². The van der Waals surface area contributed by atoms with Gasteiger partial charge in [-0.1, -0.05) is 19.1 Å². The van der Waals surface area contributed by atoms with Crippen LogP contribution in [0.1, 0.15) is 24.5 Å². The summed E-state index contributed by atoms with van der Waals surface area (Å²) in [4.78, 5) is 24.2. The minimum atomic E-state index is -0.288. The monoisotopic (exact) mass is 273 g/mol. The maximum Gasteiger partial charge on any atom is 0.331 e. The minimum absolute atomic E-state index is 0.249. The molecule has 1 aromatic carbocycles. The second-order valence-electron chi connectivity index (χ2n) is 4.85. The maximum absolute atomic E-state index is 12.3. The van der Waals surface area contributed by atoms with E-state index >= 15 is 0 Å². The van der Waals surface area contributed by atoms with Crippen molar-refractivity contribution in [1.29, 1.82) is 0 Å². The number of hydrogen-bond acceptors (Lipinski definition) is 3. The molecule has 1 heterocycles. The number of anilines is 1. The third-order valence-electron chi connectivity index (χ3n) is 3.42. The first-order chi connectivity index (χ1) is 9.54. The van der Waals surface area contributed by atoms with Gasteiger partial charge in [-0.05, 0) is 30.5 Å². The molecule has 0 bridgehead atoms. The normalized spacial score (nSPS) is 10.7. The van der Waals surface area contributed by atoms with Gasteiger partial charge in [-0.25, -0.2) is 4.79 Å². The summed E-state index contributed by atoms with van der Waals surface area (Å²) in [6, 6.07) is 6.95. The van der Waals surface area contributed by atoms with E-state index in [1.54, 1.807) is 10.8 Å². The first-order valence-corrected chi connectivity index (χ1v) is 6.69. The van der Waals surface area contributed by atoms with Crippen LogP contribution in [0.3, 0.4) is 0 Å². The summed E-state index contributed by atoms with van der Waals surface area (Å²) in [6.45, 7) is 4.74. The Morgan fingerprint density at radius 2 is 1.95 bits per heavy atom. The molecule has 5 heteroatoms. The van der Waals surface area contributed by atoms with Crippen molar-refractivity contribution in [2.24, 2.45) is 0 Å². The van der Waals surface area contributed by atoms with Crippen LogP contribution in [0.15, 0.2) is 40.1 Å². The molecule has 0 amide bonds. The third-order valence-corrected chi connectivity index (χ3v) is 3.42. The molecular formula is C15H19N3O2.